The number of hydrogen-bond donors (Lipinski definition) is 1. The molecule has 0 bridgehead atoms. The van der Waals surface area contributed by atoms with Crippen LogP contribution in [0.5, 0.6) is 5.75 Å². The number of carbonyl (C=O) groups excluding carboxylic acids is 1. The molecule has 3 aromatic heterocycles. The summed E-state index contributed by atoms with van der Waals surface area (Å²) < 4.78 is 32.2. The number of aromatic hydroxyl groups is 1. The fourth-order valence-corrected chi connectivity index (χ4v) is 6.99. The average molecular weight is 601 g/mol. The maximum atomic E-state index is 13.6. The van der Waals surface area contributed by atoms with Gasteiger partial charge in [0.15, 0.2) is 16.9 Å². The van der Waals surface area contributed by atoms with Gasteiger partial charge in [0.1, 0.15) is 23.2 Å². The number of rotatable bonds is 6. The number of hydrogen-bond acceptors (Lipinski definition) is 8. The molecular weight excluding hydrogens is 571 g/mol. The summed E-state index contributed by atoms with van der Waals surface area (Å²) in [5.41, 5.74) is 0.148. The highest BCUT2D eigenvalue weighted by atomic mass is 32.2. The van der Waals surface area contributed by atoms with Gasteiger partial charge in [-0.1, -0.05) is 12.1 Å². The molecule has 2 aliphatic heterocycles. The van der Waals surface area contributed by atoms with Crippen molar-refractivity contribution >= 4 is 40.0 Å². The van der Waals surface area contributed by atoms with Crippen LogP contribution in [0.2, 0.25) is 0 Å². The number of piperazine rings is 1. The van der Waals surface area contributed by atoms with E-state index in [0.717, 1.165) is 23.5 Å². The van der Waals surface area contributed by atoms with Crippen LogP contribution in [-0.4, -0.2) is 102 Å². The normalized spacial score (nSPS) is 18.6. The number of likely N-dealkylation sites (N-methyl/N-ethyl adjacent to an activating group) is 2. The zero-order valence-electron chi connectivity index (χ0n) is 22.6. The molecule has 0 aliphatic carbocycles. The minimum Gasteiger partial charge on any atom is -0.501 e. The number of halogens is 1. The van der Waals surface area contributed by atoms with Gasteiger partial charge in [0.05, 0.1) is 0 Å². The zero-order valence-corrected chi connectivity index (χ0v) is 24.2. The molecule has 1 aromatic carbocycles. The topological polar surface area (TPSA) is 120 Å². The first kappa shape index (κ1) is 27.5. The minimum atomic E-state index is -1.54. The highest BCUT2D eigenvalue weighted by Crippen LogP contribution is 2.32. The quantitative estimate of drug-likeness (QED) is 0.353. The summed E-state index contributed by atoms with van der Waals surface area (Å²) >= 11 is -0.283. The third-order valence-electron chi connectivity index (χ3n) is 7.34. The molecule has 1 amide bonds. The van der Waals surface area contributed by atoms with Crippen molar-refractivity contribution in [3.63, 3.8) is 0 Å². The summed E-state index contributed by atoms with van der Waals surface area (Å²) in [6, 6.07) is 6.16. The van der Waals surface area contributed by atoms with Gasteiger partial charge < -0.3 is 19.5 Å². The largest absolute Gasteiger partial charge is 0.501 e. The fraction of sp³-hybridized carbons (Fsp3) is 0.385. The minimum absolute atomic E-state index is 0.00275. The molecule has 1 atom stereocenters. The Morgan fingerprint density at radius 2 is 1.83 bits per heavy atom. The predicted molar refractivity (Wildman–Crippen MR) is 154 cm³/mol. The number of anilines is 1. The summed E-state index contributed by atoms with van der Waals surface area (Å²) in [7, 11) is 3.73. The van der Waals surface area contributed by atoms with Crippen LogP contribution in [-0.2, 0) is 28.9 Å². The van der Waals surface area contributed by atoms with E-state index < -0.39 is 22.5 Å². The Balaban J connectivity index is 1.40. The molecule has 12 nitrogen and oxygen atoms in total. The standard InChI is InChI=1S/C26H29FN8O4S2/c1-30-7-10-32(11-8-30)21(36)16-33-15-20(34-12-9-31(2)41(34)39)35-25(38)23(37)22(29-26(33)35)24-28-14-19(40-24)13-17-3-5-18(27)6-4-17/h3-6,14-15,37H,7-13,16H2,1-2H3. The number of aromatic nitrogens is 4. The molecule has 41 heavy (non-hydrogen) atoms. The second-order valence-corrected chi connectivity index (χ2v) is 12.8. The lowest BCUT2D eigenvalue weighted by molar-refractivity contribution is -0.133. The Kier molecular flexibility index (Phi) is 7.36. The number of thiazole rings is 1. The molecule has 2 fully saturated rings. The van der Waals surface area contributed by atoms with Gasteiger partial charge in [-0.3, -0.25) is 13.9 Å². The third-order valence-corrected chi connectivity index (χ3v) is 9.80. The molecule has 2 aliphatic rings. The number of fused-ring (bicyclic) bond motifs is 1. The summed E-state index contributed by atoms with van der Waals surface area (Å²) in [5.74, 6) is -0.611. The molecule has 0 spiro atoms. The van der Waals surface area contributed by atoms with Crippen LogP contribution in [0, 0.1) is 5.82 Å². The van der Waals surface area contributed by atoms with E-state index in [9.17, 15) is 23.3 Å². The number of imidazole rings is 1. The van der Waals surface area contributed by atoms with Crippen molar-refractivity contribution in [3.8, 4) is 16.5 Å². The van der Waals surface area contributed by atoms with Gasteiger partial charge in [0, 0.05) is 70.0 Å². The predicted octanol–water partition coefficient (Wildman–Crippen LogP) is 1.16. The maximum Gasteiger partial charge on any atom is 0.303 e. The lowest BCUT2D eigenvalue weighted by atomic mass is 10.1. The van der Waals surface area contributed by atoms with E-state index in [1.807, 2.05) is 7.05 Å². The van der Waals surface area contributed by atoms with Crippen LogP contribution in [0.25, 0.3) is 16.5 Å². The Morgan fingerprint density at radius 3 is 2.51 bits per heavy atom. The summed E-state index contributed by atoms with van der Waals surface area (Å²) in [6.45, 7) is 3.55. The third kappa shape index (κ3) is 5.25. The number of benzene rings is 1. The van der Waals surface area contributed by atoms with Crippen LogP contribution >= 0.6 is 11.3 Å². The van der Waals surface area contributed by atoms with E-state index in [1.165, 1.54) is 27.9 Å². The highest BCUT2D eigenvalue weighted by molar-refractivity contribution is 7.84. The van der Waals surface area contributed by atoms with Crippen LogP contribution < -0.4 is 9.86 Å². The van der Waals surface area contributed by atoms with Crippen molar-refractivity contribution in [2.24, 2.45) is 0 Å². The molecule has 6 rings (SSSR count). The Bertz CT molecular complexity index is 1690. The van der Waals surface area contributed by atoms with Gasteiger partial charge in [-0.25, -0.2) is 27.3 Å². The van der Waals surface area contributed by atoms with Crippen molar-refractivity contribution in [1.29, 1.82) is 0 Å². The van der Waals surface area contributed by atoms with Crippen molar-refractivity contribution in [2.45, 2.75) is 13.0 Å². The van der Waals surface area contributed by atoms with Crippen LogP contribution in [0.4, 0.5) is 10.2 Å². The molecule has 15 heteroatoms. The van der Waals surface area contributed by atoms with Crippen LogP contribution in [0.3, 0.4) is 0 Å². The van der Waals surface area contributed by atoms with E-state index >= 15 is 0 Å². The molecule has 0 saturated carbocycles. The second kappa shape index (κ2) is 11.0. The molecule has 4 aromatic rings. The van der Waals surface area contributed by atoms with Gasteiger partial charge in [0.2, 0.25) is 17.4 Å². The first-order valence-corrected chi connectivity index (χ1v) is 15.0. The number of amides is 1. The van der Waals surface area contributed by atoms with Gasteiger partial charge in [-0.15, -0.1) is 11.3 Å². The first-order valence-electron chi connectivity index (χ1n) is 13.1. The summed E-state index contributed by atoms with van der Waals surface area (Å²) in [6.07, 6.45) is 3.73. The monoisotopic (exact) mass is 600 g/mol. The average Bonchev–Trinajstić information content (AvgIpc) is 3.65. The van der Waals surface area contributed by atoms with Crippen LogP contribution in [0.1, 0.15) is 10.4 Å². The summed E-state index contributed by atoms with van der Waals surface area (Å²) in [5, 5.41) is 11.4. The maximum absolute atomic E-state index is 13.6. The summed E-state index contributed by atoms with van der Waals surface area (Å²) in [4.78, 5) is 40.7. The zero-order chi connectivity index (χ0) is 28.8. The van der Waals surface area contributed by atoms with Crippen molar-refractivity contribution < 1.29 is 18.5 Å². The molecule has 5 heterocycles. The smallest absolute Gasteiger partial charge is 0.303 e. The molecule has 1 unspecified atom stereocenters. The van der Waals surface area contributed by atoms with Crippen molar-refractivity contribution in [3.05, 3.63) is 63.3 Å². The van der Waals surface area contributed by atoms with E-state index in [4.69, 9.17) is 0 Å². The molecule has 0 radical (unpaired) electrons. The van der Waals surface area contributed by atoms with Gasteiger partial charge in [0.25, 0.3) is 0 Å². The Labute approximate surface area is 241 Å². The first-order chi connectivity index (χ1) is 19.7. The van der Waals surface area contributed by atoms with Crippen LogP contribution in [0.15, 0.2) is 41.5 Å². The lowest BCUT2D eigenvalue weighted by Gasteiger charge is -2.32. The molecular formula is C26H29FN8O4S2. The number of nitrogens with zero attached hydrogens (tertiary/aromatic N) is 8. The Morgan fingerprint density at radius 1 is 1.10 bits per heavy atom. The Hall–Kier alpha value is -3.66. The van der Waals surface area contributed by atoms with E-state index in [-0.39, 0.29) is 35.6 Å². The molecule has 216 valence electrons. The molecule has 1 N–H and O–H groups in total. The van der Waals surface area contributed by atoms with Gasteiger partial charge >= 0.3 is 5.56 Å². The molecule has 2 saturated heterocycles. The number of carbonyl (C=O) groups is 1. The van der Waals surface area contributed by atoms with Gasteiger partial charge in [-0.05, 0) is 24.7 Å². The lowest BCUT2D eigenvalue weighted by Crippen LogP contribution is -2.48. The van der Waals surface area contributed by atoms with E-state index in [0.29, 0.717) is 37.6 Å². The SMILES string of the molecule is CN1CCN(C(=O)Cn2cc(N3CCN(C)S3=O)n3c(=O)c(O)c(-c4ncc(Cc5ccc(F)cc5)s4)nc23)CC1. The second-order valence-electron chi connectivity index (χ2n) is 10.2. The van der Waals surface area contributed by atoms with Gasteiger partial charge in [-0.2, -0.15) is 0 Å². The van der Waals surface area contributed by atoms with E-state index in [2.05, 4.69) is 14.9 Å². The highest BCUT2D eigenvalue weighted by Gasteiger charge is 2.32. The van der Waals surface area contributed by atoms with Crippen molar-refractivity contribution in [1.82, 2.24) is 33.0 Å². The fourth-order valence-electron chi connectivity index (χ4n) is 4.95. The van der Waals surface area contributed by atoms with E-state index in [1.54, 1.807) is 49.7 Å². The van der Waals surface area contributed by atoms with Crippen molar-refractivity contribution in [2.75, 3.05) is 57.7 Å².